The molecule has 21 heavy (non-hydrogen) atoms. The molecule has 0 aliphatic rings. The Morgan fingerprint density at radius 3 is 2.81 bits per heavy atom. The van der Waals surface area contributed by atoms with Gasteiger partial charge in [-0.1, -0.05) is 19.1 Å². The van der Waals surface area contributed by atoms with Crippen LogP contribution in [0.2, 0.25) is 0 Å². The van der Waals surface area contributed by atoms with E-state index in [2.05, 4.69) is 10.1 Å². The maximum absolute atomic E-state index is 13.8. The van der Waals surface area contributed by atoms with E-state index >= 15 is 0 Å². The summed E-state index contributed by atoms with van der Waals surface area (Å²) in [6.45, 7) is 1.90. The lowest BCUT2D eigenvalue weighted by Crippen LogP contribution is -2.06. The number of aromatic nitrogens is 3. The summed E-state index contributed by atoms with van der Waals surface area (Å²) in [5, 5.41) is 13.1. The molecule has 1 aromatic carbocycles. The summed E-state index contributed by atoms with van der Waals surface area (Å²) in [4.78, 5) is 15.5. The topological polar surface area (TPSA) is 67.5 Å². The van der Waals surface area contributed by atoms with Gasteiger partial charge in [-0.25, -0.2) is 18.7 Å². The van der Waals surface area contributed by atoms with Crippen molar-refractivity contribution in [1.29, 1.82) is 0 Å². The van der Waals surface area contributed by atoms with Crippen LogP contribution >= 0.6 is 0 Å². The Bertz CT molecular complexity index is 842. The molecule has 0 spiro atoms. The molecule has 2 heterocycles. The number of imidazole rings is 1. The molecule has 0 fully saturated rings. The Kier molecular flexibility index (Phi) is 3.13. The van der Waals surface area contributed by atoms with E-state index in [1.165, 1.54) is 16.6 Å². The smallest absolute Gasteiger partial charge is 0.356 e. The minimum atomic E-state index is -1.10. The van der Waals surface area contributed by atoms with E-state index in [1.807, 2.05) is 6.92 Å². The predicted octanol–water partition coefficient (Wildman–Crippen LogP) is 2.80. The lowest BCUT2D eigenvalue weighted by Gasteiger charge is -2.01. The van der Waals surface area contributed by atoms with Crippen LogP contribution in [0.4, 0.5) is 4.39 Å². The van der Waals surface area contributed by atoms with Gasteiger partial charge in [-0.05, 0) is 30.2 Å². The second kappa shape index (κ2) is 4.97. The molecular weight excluding hydrogens is 273 g/mol. The molecule has 0 radical (unpaired) electrons. The van der Waals surface area contributed by atoms with Crippen LogP contribution in [0.3, 0.4) is 0 Å². The van der Waals surface area contributed by atoms with Gasteiger partial charge in [-0.3, -0.25) is 0 Å². The van der Waals surface area contributed by atoms with Gasteiger partial charge in [0, 0.05) is 5.56 Å². The molecule has 106 valence electrons. The zero-order valence-electron chi connectivity index (χ0n) is 11.2. The van der Waals surface area contributed by atoms with Gasteiger partial charge < -0.3 is 5.11 Å². The first-order chi connectivity index (χ1) is 10.1. The number of carbonyl (C=O) groups is 1. The summed E-state index contributed by atoms with van der Waals surface area (Å²) in [7, 11) is 0. The van der Waals surface area contributed by atoms with Crippen LogP contribution < -0.4 is 0 Å². The van der Waals surface area contributed by atoms with Crippen LogP contribution in [0.25, 0.3) is 16.9 Å². The van der Waals surface area contributed by atoms with Crippen molar-refractivity contribution in [2.45, 2.75) is 13.3 Å². The van der Waals surface area contributed by atoms with Crippen molar-refractivity contribution in [3.05, 3.63) is 53.6 Å². The highest BCUT2D eigenvalue weighted by Gasteiger charge is 2.15. The van der Waals surface area contributed by atoms with E-state index in [4.69, 9.17) is 5.11 Å². The molecule has 0 unspecified atom stereocenters. The maximum Gasteiger partial charge on any atom is 0.356 e. The number of aryl methyl sites for hydroxylation is 1. The van der Waals surface area contributed by atoms with Gasteiger partial charge in [0.2, 0.25) is 0 Å². The largest absolute Gasteiger partial charge is 0.476 e. The third-order valence-electron chi connectivity index (χ3n) is 3.25. The number of benzene rings is 1. The Hall–Kier alpha value is -2.76. The van der Waals surface area contributed by atoms with Crippen LogP contribution in [0, 0.1) is 5.82 Å². The Morgan fingerprint density at radius 2 is 2.14 bits per heavy atom. The molecule has 0 saturated heterocycles. The van der Waals surface area contributed by atoms with Crippen LogP contribution in [0.15, 0.2) is 36.5 Å². The molecule has 6 heteroatoms. The van der Waals surface area contributed by atoms with E-state index in [1.54, 1.807) is 24.4 Å². The number of halogens is 1. The maximum atomic E-state index is 13.8. The summed E-state index contributed by atoms with van der Waals surface area (Å²) in [5.74, 6) is -1.48. The van der Waals surface area contributed by atoms with E-state index in [0.717, 1.165) is 5.56 Å². The van der Waals surface area contributed by atoms with Gasteiger partial charge in [0.15, 0.2) is 11.3 Å². The number of carboxylic acid groups (broad SMARTS) is 1. The molecule has 0 saturated carbocycles. The molecule has 2 aromatic heterocycles. The zero-order chi connectivity index (χ0) is 15.0. The highest BCUT2D eigenvalue weighted by molar-refractivity contribution is 5.86. The lowest BCUT2D eigenvalue weighted by atomic mass is 10.1. The van der Waals surface area contributed by atoms with E-state index < -0.39 is 5.97 Å². The molecule has 0 atom stereocenters. The van der Waals surface area contributed by atoms with Crippen LogP contribution in [-0.4, -0.2) is 25.7 Å². The standard InChI is InChI=1S/C15H12FN3O2/c1-2-9-7-12(15(20)21)18-19-8-13(17-14(9)19)10-5-3-4-6-11(10)16/h3-8H,2H2,1H3,(H,20,21). The van der Waals surface area contributed by atoms with Crippen LogP contribution in [0.5, 0.6) is 0 Å². The Labute approximate surface area is 119 Å². The first-order valence-corrected chi connectivity index (χ1v) is 6.47. The second-order valence-electron chi connectivity index (χ2n) is 4.59. The first-order valence-electron chi connectivity index (χ1n) is 6.47. The van der Waals surface area contributed by atoms with Crippen LogP contribution in [-0.2, 0) is 6.42 Å². The fraction of sp³-hybridized carbons (Fsp3) is 0.133. The lowest BCUT2D eigenvalue weighted by molar-refractivity contribution is 0.0688. The molecule has 3 rings (SSSR count). The van der Waals surface area contributed by atoms with Gasteiger partial charge in [-0.2, -0.15) is 5.10 Å². The summed E-state index contributed by atoms with van der Waals surface area (Å²) in [6.07, 6.45) is 2.15. The first kappa shape index (κ1) is 13.2. The molecule has 5 nitrogen and oxygen atoms in total. The quantitative estimate of drug-likeness (QED) is 0.803. The van der Waals surface area contributed by atoms with Crippen molar-refractivity contribution in [1.82, 2.24) is 14.6 Å². The highest BCUT2D eigenvalue weighted by Crippen LogP contribution is 2.23. The molecule has 3 aromatic rings. The minimum Gasteiger partial charge on any atom is -0.476 e. The molecular formula is C15H12FN3O2. The predicted molar refractivity (Wildman–Crippen MR) is 74.7 cm³/mol. The number of carboxylic acids is 1. The SMILES string of the molecule is CCc1cc(C(=O)O)nn2cc(-c3ccccc3F)nc12. The summed E-state index contributed by atoms with van der Waals surface area (Å²) >= 11 is 0. The van der Waals surface area contributed by atoms with E-state index in [-0.39, 0.29) is 11.5 Å². The van der Waals surface area contributed by atoms with Gasteiger partial charge in [0.1, 0.15) is 5.82 Å². The number of aromatic carboxylic acids is 1. The third-order valence-corrected chi connectivity index (χ3v) is 3.25. The van der Waals surface area contributed by atoms with Gasteiger partial charge in [0.25, 0.3) is 0 Å². The zero-order valence-corrected chi connectivity index (χ0v) is 11.2. The van der Waals surface area contributed by atoms with E-state index in [0.29, 0.717) is 23.3 Å². The van der Waals surface area contributed by atoms with Gasteiger partial charge >= 0.3 is 5.97 Å². The molecule has 0 aliphatic heterocycles. The molecule has 0 amide bonds. The fourth-order valence-corrected chi connectivity index (χ4v) is 2.20. The summed E-state index contributed by atoms with van der Waals surface area (Å²) in [5.41, 5.74) is 2.03. The number of hydrogen-bond donors (Lipinski definition) is 1. The van der Waals surface area contributed by atoms with Crippen molar-refractivity contribution in [3.8, 4) is 11.3 Å². The Morgan fingerprint density at radius 1 is 1.38 bits per heavy atom. The number of nitrogens with zero attached hydrogens (tertiary/aromatic N) is 3. The minimum absolute atomic E-state index is 0.0585. The van der Waals surface area contributed by atoms with Crippen molar-refractivity contribution < 1.29 is 14.3 Å². The molecule has 0 aliphatic carbocycles. The Balaban J connectivity index is 2.24. The van der Waals surface area contributed by atoms with E-state index in [9.17, 15) is 9.18 Å². The number of rotatable bonds is 3. The second-order valence-corrected chi connectivity index (χ2v) is 4.59. The van der Waals surface area contributed by atoms with Crippen LogP contribution in [0.1, 0.15) is 23.0 Å². The van der Waals surface area contributed by atoms with Crippen molar-refractivity contribution in [3.63, 3.8) is 0 Å². The molecule has 0 bridgehead atoms. The van der Waals surface area contributed by atoms with Gasteiger partial charge in [0.05, 0.1) is 11.9 Å². The number of hydrogen-bond acceptors (Lipinski definition) is 3. The molecule has 1 N–H and O–H groups in total. The normalized spacial score (nSPS) is 11.0. The summed E-state index contributed by atoms with van der Waals surface area (Å²) in [6, 6.07) is 7.80. The monoisotopic (exact) mass is 285 g/mol. The average Bonchev–Trinajstić information content (AvgIpc) is 2.90. The summed E-state index contributed by atoms with van der Waals surface area (Å²) < 4.78 is 15.2. The number of fused-ring (bicyclic) bond motifs is 1. The fourth-order valence-electron chi connectivity index (χ4n) is 2.20. The third kappa shape index (κ3) is 2.24. The van der Waals surface area contributed by atoms with Crippen molar-refractivity contribution >= 4 is 11.6 Å². The van der Waals surface area contributed by atoms with Gasteiger partial charge in [-0.15, -0.1) is 0 Å². The van der Waals surface area contributed by atoms with Crippen molar-refractivity contribution in [2.24, 2.45) is 0 Å². The average molecular weight is 285 g/mol. The van der Waals surface area contributed by atoms with Crippen molar-refractivity contribution in [2.75, 3.05) is 0 Å². The highest BCUT2D eigenvalue weighted by atomic mass is 19.1.